The van der Waals surface area contributed by atoms with E-state index in [4.69, 9.17) is 11.6 Å². The van der Waals surface area contributed by atoms with Gasteiger partial charge in [0.25, 0.3) is 11.1 Å². The highest BCUT2D eigenvalue weighted by Gasteiger charge is 2.51. The zero-order valence-electron chi connectivity index (χ0n) is 13.3. The highest BCUT2D eigenvalue weighted by molar-refractivity contribution is 8.18. The smallest absolute Gasteiger partial charge is 0.285 e. The lowest BCUT2D eigenvalue weighted by Gasteiger charge is -2.41. The van der Waals surface area contributed by atoms with Gasteiger partial charge in [-0.25, -0.2) is 4.98 Å². The molecule has 1 aromatic heterocycles. The normalized spacial score (nSPS) is 18.5. The number of pyridine rings is 1. The summed E-state index contributed by atoms with van der Waals surface area (Å²) in [5.74, 6) is -0.198. The molecule has 1 aromatic rings. The highest BCUT2D eigenvalue weighted by atomic mass is 35.5. The second kappa shape index (κ2) is 5.83. The number of rotatable bonds is 2. The molecular weight excluding hydrogens is 336 g/mol. The molecule has 0 radical (unpaired) electrons. The summed E-state index contributed by atoms with van der Waals surface area (Å²) < 4.78 is 1.49. The van der Waals surface area contributed by atoms with E-state index in [1.165, 1.54) is 4.57 Å². The quantitative estimate of drug-likeness (QED) is 0.436. The van der Waals surface area contributed by atoms with Crippen LogP contribution in [0.1, 0.15) is 26.3 Å². The molecule has 2 amide bonds. The van der Waals surface area contributed by atoms with E-state index in [9.17, 15) is 9.59 Å². The van der Waals surface area contributed by atoms with Crippen molar-refractivity contribution >= 4 is 48.8 Å². The second-order valence-corrected chi connectivity index (χ2v) is 13.2. The molecule has 0 spiro atoms. The molecule has 2 heterocycles. The third-order valence-electron chi connectivity index (χ3n) is 4.24. The number of thioether (sulfide) groups is 1. The Morgan fingerprint density at radius 3 is 2.41 bits per heavy atom. The molecule has 0 aliphatic carbocycles. The van der Waals surface area contributed by atoms with Gasteiger partial charge in [0.1, 0.15) is 5.15 Å². The molecule has 1 aliphatic rings. The van der Waals surface area contributed by atoms with Crippen LogP contribution < -0.4 is 0 Å². The van der Waals surface area contributed by atoms with Crippen LogP contribution in [0.25, 0.3) is 6.08 Å². The first kappa shape index (κ1) is 17.2. The van der Waals surface area contributed by atoms with Crippen LogP contribution >= 0.6 is 23.4 Å². The van der Waals surface area contributed by atoms with Gasteiger partial charge in [-0.2, -0.15) is 0 Å². The summed E-state index contributed by atoms with van der Waals surface area (Å²) in [6, 6.07) is 3.43. The highest BCUT2D eigenvalue weighted by Crippen LogP contribution is 2.44. The maximum atomic E-state index is 12.7. The summed E-state index contributed by atoms with van der Waals surface area (Å²) in [5.41, 5.74) is 0.755. The Labute approximate surface area is 141 Å². The van der Waals surface area contributed by atoms with Gasteiger partial charge in [0.2, 0.25) is 0 Å². The zero-order chi connectivity index (χ0) is 16.7. The molecule has 1 aliphatic heterocycles. The van der Waals surface area contributed by atoms with Crippen molar-refractivity contribution in [3.05, 3.63) is 34.0 Å². The van der Waals surface area contributed by atoms with Crippen molar-refractivity contribution in [3.63, 3.8) is 0 Å². The molecule has 0 N–H and O–H groups in total. The predicted octanol–water partition coefficient (Wildman–Crippen LogP) is 4.78. The lowest BCUT2D eigenvalue weighted by atomic mass is 10.2. The van der Waals surface area contributed by atoms with Gasteiger partial charge in [-0.15, -0.1) is 0 Å². The molecule has 0 saturated carbocycles. The number of hydrogen-bond acceptors (Lipinski definition) is 4. The van der Waals surface area contributed by atoms with Crippen LogP contribution in [0, 0.1) is 0 Å². The van der Waals surface area contributed by atoms with Crippen LogP contribution in [0.15, 0.2) is 23.2 Å². The molecule has 1 fully saturated rings. The van der Waals surface area contributed by atoms with Crippen molar-refractivity contribution in [2.45, 2.75) is 38.9 Å². The number of amides is 2. The fourth-order valence-electron chi connectivity index (χ4n) is 1.91. The number of imide groups is 1. The fraction of sp³-hybridized carbons (Fsp3) is 0.400. The maximum absolute atomic E-state index is 12.7. The van der Waals surface area contributed by atoms with E-state index < -0.39 is 8.24 Å². The Balaban J connectivity index is 2.35. The average Bonchev–Trinajstić information content (AvgIpc) is 2.66. The summed E-state index contributed by atoms with van der Waals surface area (Å²) in [7, 11) is -2.23. The van der Waals surface area contributed by atoms with Gasteiger partial charge in [-0.1, -0.05) is 51.5 Å². The molecule has 4 nitrogen and oxygen atoms in total. The molecule has 118 valence electrons. The van der Waals surface area contributed by atoms with Crippen molar-refractivity contribution in [3.8, 4) is 0 Å². The van der Waals surface area contributed by atoms with Crippen LogP contribution in [0.4, 0.5) is 4.79 Å². The molecule has 22 heavy (non-hydrogen) atoms. The Hall–Kier alpha value is -1.11. The Morgan fingerprint density at radius 2 is 1.91 bits per heavy atom. The van der Waals surface area contributed by atoms with Crippen LogP contribution in [0.3, 0.4) is 0 Å². The topological polar surface area (TPSA) is 50.3 Å². The van der Waals surface area contributed by atoms with Crippen molar-refractivity contribution in [1.82, 2.24) is 9.55 Å². The van der Waals surface area contributed by atoms with E-state index in [0.717, 1.165) is 17.3 Å². The molecule has 1 saturated heterocycles. The van der Waals surface area contributed by atoms with E-state index in [2.05, 4.69) is 38.8 Å². The summed E-state index contributed by atoms with van der Waals surface area (Å²) in [4.78, 5) is 29.5. The van der Waals surface area contributed by atoms with Crippen molar-refractivity contribution in [1.29, 1.82) is 0 Å². The van der Waals surface area contributed by atoms with Crippen LogP contribution in [-0.4, -0.2) is 28.9 Å². The van der Waals surface area contributed by atoms with Crippen LogP contribution in [0.5, 0.6) is 0 Å². The molecular formula is C15H19ClN2O2SSi. The number of hydrogen-bond donors (Lipinski definition) is 0. The lowest BCUT2D eigenvalue weighted by molar-refractivity contribution is -0.120. The molecule has 7 heteroatoms. The number of halogens is 1. The first-order valence-corrected chi connectivity index (χ1v) is 11.1. The van der Waals surface area contributed by atoms with E-state index in [1.54, 1.807) is 24.4 Å². The summed E-state index contributed by atoms with van der Waals surface area (Å²) in [6.07, 6.45) is 3.28. The van der Waals surface area contributed by atoms with Crippen LogP contribution in [0.2, 0.25) is 23.3 Å². The minimum absolute atomic E-state index is 0.0871. The Kier molecular flexibility index (Phi) is 4.57. The summed E-state index contributed by atoms with van der Waals surface area (Å²) in [6.45, 7) is 10.3. The second-order valence-electron chi connectivity index (χ2n) is 6.74. The van der Waals surface area contributed by atoms with Crippen LogP contribution in [-0.2, 0) is 4.79 Å². The van der Waals surface area contributed by atoms with Gasteiger partial charge in [0, 0.05) is 6.20 Å². The van der Waals surface area contributed by atoms with Gasteiger partial charge in [0.05, 0.1) is 4.91 Å². The van der Waals surface area contributed by atoms with Crippen molar-refractivity contribution in [2.75, 3.05) is 0 Å². The molecule has 0 unspecified atom stereocenters. The van der Waals surface area contributed by atoms with E-state index >= 15 is 0 Å². The number of nitrogens with zero attached hydrogens (tertiary/aromatic N) is 2. The largest absolute Gasteiger partial charge is 0.298 e. The lowest BCUT2D eigenvalue weighted by Crippen LogP contribution is -2.56. The molecule has 0 aromatic carbocycles. The Bertz CT molecular complexity index is 651. The van der Waals surface area contributed by atoms with Gasteiger partial charge >= 0.3 is 0 Å². The number of aromatic nitrogens is 1. The van der Waals surface area contributed by atoms with Crippen molar-refractivity contribution in [2.24, 2.45) is 0 Å². The third-order valence-corrected chi connectivity index (χ3v) is 10.7. The predicted molar refractivity (Wildman–Crippen MR) is 94.3 cm³/mol. The maximum Gasteiger partial charge on any atom is 0.285 e. The average molecular weight is 355 g/mol. The first-order chi connectivity index (χ1) is 10.0. The summed E-state index contributed by atoms with van der Waals surface area (Å²) >= 11 is 6.75. The standard InChI is InChI=1S/C15H19ClN2O2SSi/c1-15(2,3)22(4,5)18-13(19)11(21-14(18)20)8-10-6-7-12(16)17-9-10/h6-9H,1-5H3/b11-8+. The van der Waals surface area contributed by atoms with Gasteiger partial charge in [0.15, 0.2) is 8.24 Å². The van der Waals surface area contributed by atoms with E-state index in [1.807, 2.05) is 0 Å². The van der Waals surface area contributed by atoms with E-state index in [0.29, 0.717) is 10.1 Å². The molecule has 0 bridgehead atoms. The number of carbonyl (C=O) groups is 2. The van der Waals surface area contributed by atoms with Gasteiger partial charge in [-0.3, -0.25) is 14.2 Å². The fourth-order valence-corrected chi connectivity index (χ4v) is 5.41. The summed E-state index contributed by atoms with van der Waals surface area (Å²) in [5, 5.41) is 0.132. The number of carbonyl (C=O) groups excluding carboxylic acids is 2. The monoisotopic (exact) mass is 354 g/mol. The van der Waals surface area contributed by atoms with E-state index in [-0.39, 0.29) is 16.2 Å². The third kappa shape index (κ3) is 3.14. The van der Waals surface area contributed by atoms with Gasteiger partial charge < -0.3 is 0 Å². The molecule has 0 atom stereocenters. The zero-order valence-corrected chi connectivity index (χ0v) is 15.9. The SMILES string of the molecule is CC(C)(C)[Si](C)(C)N1C(=O)S/C(=C/c2ccc(Cl)nc2)C1=O. The first-order valence-electron chi connectivity index (χ1n) is 6.93. The van der Waals surface area contributed by atoms with Crippen molar-refractivity contribution < 1.29 is 9.59 Å². The Morgan fingerprint density at radius 1 is 1.27 bits per heavy atom. The minimum Gasteiger partial charge on any atom is -0.298 e. The minimum atomic E-state index is -2.23. The molecule has 2 rings (SSSR count). The van der Waals surface area contributed by atoms with Gasteiger partial charge in [-0.05, 0) is 34.5 Å².